The van der Waals surface area contributed by atoms with E-state index in [0.29, 0.717) is 16.0 Å². The molecule has 0 aliphatic rings. The first-order valence-corrected chi connectivity index (χ1v) is 6.88. The predicted molar refractivity (Wildman–Crippen MR) is 75.2 cm³/mol. The summed E-state index contributed by atoms with van der Waals surface area (Å²) in [7, 11) is 0. The van der Waals surface area contributed by atoms with Crippen LogP contribution in [-0.4, -0.2) is 9.97 Å². The zero-order chi connectivity index (χ0) is 11.0. The topological polar surface area (TPSA) is 51.8 Å². The summed E-state index contributed by atoms with van der Waals surface area (Å²) in [4.78, 5) is 9.28. The predicted octanol–water partition coefficient (Wildman–Crippen LogP) is 3.81. The normalized spacial score (nSPS) is 10.6. The molecule has 0 amide bonds. The molecule has 0 atom stereocenters. The van der Waals surface area contributed by atoms with Crippen LogP contribution < -0.4 is 5.73 Å². The van der Waals surface area contributed by atoms with Gasteiger partial charge in [0.15, 0.2) is 5.82 Å². The van der Waals surface area contributed by atoms with Gasteiger partial charge in [0, 0.05) is 10.7 Å². The monoisotopic (exact) mass is 415 g/mol. The van der Waals surface area contributed by atoms with Crippen LogP contribution in [0.3, 0.4) is 0 Å². The number of anilines is 1. The Morgan fingerprint density at radius 1 is 1.53 bits per heavy atom. The van der Waals surface area contributed by atoms with E-state index >= 15 is 0 Å². The second-order valence-electron chi connectivity index (χ2n) is 2.66. The van der Waals surface area contributed by atoms with Gasteiger partial charge in [-0.2, -0.15) is 0 Å². The molecule has 2 N–H and O–H groups in total. The summed E-state index contributed by atoms with van der Waals surface area (Å²) >= 11 is 12.8. The molecule has 3 nitrogen and oxygen atoms in total. The van der Waals surface area contributed by atoms with E-state index in [0.717, 1.165) is 12.9 Å². The van der Waals surface area contributed by atoms with Gasteiger partial charge in [-0.1, -0.05) is 11.6 Å². The maximum Gasteiger partial charge on any atom is 0.171 e. The highest BCUT2D eigenvalue weighted by Gasteiger charge is 2.10. The Bertz CT molecular complexity index is 497. The third kappa shape index (κ3) is 2.43. The number of halogens is 3. The Kier molecular flexibility index (Phi) is 3.49. The van der Waals surface area contributed by atoms with Crippen molar-refractivity contribution in [2.45, 2.75) is 0 Å². The maximum atomic E-state index is 5.93. The van der Waals surface area contributed by atoms with Crippen molar-refractivity contribution in [3.63, 3.8) is 0 Å². The van der Waals surface area contributed by atoms with Crippen LogP contribution in [0.2, 0.25) is 4.34 Å². The van der Waals surface area contributed by atoms with Gasteiger partial charge in [0.1, 0.15) is 10.2 Å². The highest BCUT2D eigenvalue weighted by molar-refractivity contribution is 14.1. The van der Waals surface area contributed by atoms with Crippen molar-refractivity contribution < 1.29 is 0 Å². The number of rotatable bonds is 1. The quantitative estimate of drug-likeness (QED) is 0.720. The third-order valence-electron chi connectivity index (χ3n) is 1.64. The minimum Gasteiger partial charge on any atom is -0.383 e. The number of hydrogen-bond acceptors (Lipinski definition) is 4. The van der Waals surface area contributed by atoms with Crippen LogP contribution in [0.25, 0.3) is 10.7 Å². The van der Waals surface area contributed by atoms with Crippen LogP contribution in [-0.2, 0) is 0 Å². The molecule has 0 saturated heterocycles. The first-order chi connectivity index (χ1) is 7.08. The van der Waals surface area contributed by atoms with Gasteiger partial charge in [0.05, 0.1) is 8.45 Å². The Balaban J connectivity index is 2.49. The molecule has 0 aliphatic heterocycles. The van der Waals surface area contributed by atoms with Crippen molar-refractivity contribution in [1.82, 2.24) is 9.97 Å². The molecular formula is C8H4BrClIN3S. The first kappa shape index (κ1) is 11.6. The zero-order valence-electron chi connectivity index (χ0n) is 7.17. The number of nitrogens with two attached hydrogens (primary N) is 1. The summed E-state index contributed by atoms with van der Waals surface area (Å²) in [6, 6.07) is 1.88. The molecule has 0 aliphatic carbocycles. The summed E-state index contributed by atoms with van der Waals surface area (Å²) in [5.74, 6) is 1.09. The summed E-state index contributed by atoms with van der Waals surface area (Å²) in [6.07, 6.45) is 1.69. The number of hydrogen-bond donors (Lipinski definition) is 1. The van der Waals surface area contributed by atoms with Crippen LogP contribution in [0.4, 0.5) is 5.82 Å². The lowest BCUT2D eigenvalue weighted by Crippen LogP contribution is -1.97. The summed E-state index contributed by atoms with van der Waals surface area (Å²) in [5, 5.41) is 0. The second-order valence-corrected chi connectivity index (χ2v) is 6.33. The fourth-order valence-corrected chi connectivity index (χ4v) is 2.86. The van der Waals surface area contributed by atoms with Crippen LogP contribution in [0.15, 0.2) is 16.7 Å². The molecule has 2 aromatic heterocycles. The molecule has 0 unspecified atom stereocenters. The van der Waals surface area contributed by atoms with Gasteiger partial charge < -0.3 is 5.73 Å². The minimum atomic E-state index is 0.487. The molecule has 0 aromatic carbocycles. The smallest absolute Gasteiger partial charge is 0.171 e. The zero-order valence-corrected chi connectivity index (χ0v) is 12.5. The Labute approximate surface area is 117 Å². The van der Waals surface area contributed by atoms with Crippen LogP contribution in [0, 0.1) is 3.57 Å². The third-order valence-corrected chi connectivity index (χ3v) is 4.94. The lowest BCUT2D eigenvalue weighted by atomic mass is 10.4. The van der Waals surface area contributed by atoms with Gasteiger partial charge in [-0.3, -0.25) is 0 Å². The fourth-order valence-electron chi connectivity index (χ4n) is 0.956. The minimum absolute atomic E-state index is 0.487. The Morgan fingerprint density at radius 2 is 2.27 bits per heavy atom. The van der Waals surface area contributed by atoms with Crippen molar-refractivity contribution in [3.05, 3.63) is 24.6 Å². The van der Waals surface area contributed by atoms with Crippen molar-refractivity contribution in [2.24, 2.45) is 0 Å². The lowest BCUT2D eigenvalue weighted by Gasteiger charge is -1.98. The molecular weight excluding hydrogens is 412 g/mol. The summed E-state index contributed by atoms with van der Waals surface area (Å²) < 4.78 is 2.38. The van der Waals surface area contributed by atoms with E-state index in [9.17, 15) is 0 Å². The highest BCUT2D eigenvalue weighted by atomic mass is 127. The largest absolute Gasteiger partial charge is 0.383 e. The molecule has 2 aromatic rings. The van der Waals surface area contributed by atoms with E-state index in [1.807, 2.05) is 6.07 Å². The Hall–Kier alpha value is 0.0800. The molecule has 0 fully saturated rings. The van der Waals surface area contributed by atoms with Crippen molar-refractivity contribution >= 4 is 67.3 Å². The van der Waals surface area contributed by atoms with Gasteiger partial charge in [-0.25, -0.2) is 9.97 Å². The maximum absolute atomic E-state index is 5.93. The highest BCUT2D eigenvalue weighted by Crippen LogP contribution is 2.36. The molecule has 2 rings (SSSR count). The molecule has 0 bridgehead atoms. The SMILES string of the molecule is Nc1nc(-c2cc(Br)c(Cl)s2)ncc1I. The van der Waals surface area contributed by atoms with E-state index in [1.54, 1.807) is 6.20 Å². The summed E-state index contributed by atoms with van der Waals surface area (Å²) in [6.45, 7) is 0. The number of thiophene rings is 1. The number of aromatic nitrogens is 2. The lowest BCUT2D eigenvalue weighted by molar-refractivity contribution is 1.18. The van der Waals surface area contributed by atoms with E-state index in [1.165, 1.54) is 11.3 Å². The van der Waals surface area contributed by atoms with Crippen LogP contribution in [0.1, 0.15) is 0 Å². The van der Waals surface area contributed by atoms with Crippen molar-refractivity contribution in [3.8, 4) is 10.7 Å². The van der Waals surface area contributed by atoms with Crippen molar-refractivity contribution in [2.75, 3.05) is 5.73 Å². The van der Waals surface area contributed by atoms with Gasteiger partial charge in [0.2, 0.25) is 0 Å². The van der Waals surface area contributed by atoms with E-state index in [4.69, 9.17) is 17.3 Å². The average Bonchev–Trinajstić information content (AvgIpc) is 2.52. The molecule has 7 heteroatoms. The molecule has 78 valence electrons. The van der Waals surface area contributed by atoms with Crippen LogP contribution >= 0.6 is 61.5 Å². The molecule has 0 radical (unpaired) electrons. The molecule has 15 heavy (non-hydrogen) atoms. The molecule has 0 spiro atoms. The number of nitrogens with zero attached hydrogens (tertiary/aromatic N) is 2. The van der Waals surface area contributed by atoms with Gasteiger partial charge >= 0.3 is 0 Å². The fraction of sp³-hybridized carbons (Fsp3) is 0. The van der Waals surface area contributed by atoms with E-state index in [2.05, 4.69) is 48.5 Å². The standard InChI is InChI=1S/C8H4BrClIN3S/c9-3-1-5(15-6(3)10)8-13-2-4(11)7(12)14-8/h1-2H,(H2,12,13,14). The average molecular weight is 416 g/mol. The molecule has 0 saturated carbocycles. The summed E-state index contributed by atoms with van der Waals surface area (Å²) in [5.41, 5.74) is 5.70. The second kappa shape index (κ2) is 4.52. The van der Waals surface area contributed by atoms with Gasteiger partial charge in [-0.05, 0) is 44.6 Å². The first-order valence-electron chi connectivity index (χ1n) is 3.81. The van der Waals surface area contributed by atoms with E-state index < -0.39 is 0 Å². The van der Waals surface area contributed by atoms with Gasteiger partial charge in [-0.15, -0.1) is 11.3 Å². The molecule has 2 heterocycles. The van der Waals surface area contributed by atoms with Gasteiger partial charge in [0.25, 0.3) is 0 Å². The van der Waals surface area contributed by atoms with Crippen molar-refractivity contribution in [1.29, 1.82) is 0 Å². The van der Waals surface area contributed by atoms with Crippen LogP contribution in [0.5, 0.6) is 0 Å². The Morgan fingerprint density at radius 3 is 2.80 bits per heavy atom. The van der Waals surface area contributed by atoms with E-state index in [-0.39, 0.29) is 0 Å². The number of nitrogen functional groups attached to an aromatic ring is 1.